The van der Waals surface area contributed by atoms with Crippen LogP contribution < -0.4 is 18.9 Å². The molecule has 7 rings (SSSR count). The number of fused-ring (bicyclic) bond motifs is 2. The van der Waals surface area contributed by atoms with E-state index in [0.717, 1.165) is 38.9 Å². The third kappa shape index (κ3) is 23.0. The molecule has 3 heterocycles. The number of aryl methyl sites for hydroxylation is 2. The third-order valence-corrected chi connectivity index (χ3v) is 11.0. The van der Waals surface area contributed by atoms with Crippen molar-refractivity contribution in [1.82, 2.24) is 0 Å². The predicted octanol–water partition coefficient (Wildman–Crippen LogP) is 15.4. The Kier molecular flexibility index (Phi) is 27.4. The van der Waals surface area contributed by atoms with E-state index in [1.807, 2.05) is 20.8 Å². The first-order valence-electron chi connectivity index (χ1n) is 23.7. The van der Waals surface area contributed by atoms with Gasteiger partial charge in [0.15, 0.2) is 24.8 Å². The number of hydrogen-bond acceptors (Lipinski definition) is 5. The lowest BCUT2D eigenvalue weighted by molar-refractivity contribution is -0.697. The van der Waals surface area contributed by atoms with Gasteiger partial charge in [0.2, 0.25) is 0 Å². The number of benzene rings is 4. The largest absolute Gasteiger partial charge is 0.673 e. The minimum Gasteiger partial charge on any atom is -0.463 e. The van der Waals surface area contributed by atoms with Gasteiger partial charge >= 0.3 is 20.5 Å². The van der Waals surface area contributed by atoms with Gasteiger partial charge in [0.1, 0.15) is 19.7 Å². The molecule has 1 aliphatic rings. The minimum atomic E-state index is -6.00. The van der Waals surface area contributed by atoms with Crippen LogP contribution in [0, 0.1) is 5.92 Å². The van der Waals surface area contributed by atoms with Crippen LogP contribution in [0.3, 0.4) is 0 Å². The number of hydrogen-bond donors (Lipinski definition) is 0. The number of para-hydroxylation sites is 5. The molecule has 0 amide bonds. The van der Waals surface area contributed by atoms with Gasteiger partial charge in [0.05, 0.1) is 35.3 Å². The highest BCUT2D eigenvalue weighted by atomic mass is 19.5. The van der Waals surface area contributed by atoms with Crippen molar-refractivity contribution in [3.8, 4) is 11.1 Å². The summed E-state index contributed by atoms with van der Waals surface area (Å²) in [4.78, 5) is 15.9. The number of unbranched alkanes of at least 4 members (excludes halogenated alkanes) is 1. The lowest BCUT2D eigenvalue weighted by Crippen LogP contribution is -2.33. The fraction of sp³-hybridized carbons (Fsp3) is 0.352. The minimum absolute atomic E-state index is 0. The summed E-state index contributed by atoms with van der Waals surface area (Å²) in [7, 11) is -12.0. The Balaban J connectivity index is 0.000000426. The lowest BCUT2D eigenvalue weighted by atomic mass is 9.99. The zero-order valence-electron chi connectivity index (χ0n) is 40.9. The van der Waals surface area contributed by atoms with E-state index in [1.165, 1.54) is 51.5 Å². The Labute approximate surface area is 416 Å². The van der Waals surface area contributed by atoms with E-state index in [0.29, 0.717) is 25.7 Å². The monoisotopic (exact) mass is 997 g/mol. The number of pyridine rings is 2. The maximum absolute atomic E-state index is 11.1. The predicted molar refractivity (Wildman–Crippen MR) is 274 cm³/mol. The van der Waals surface area contributed by atoms with Crippen molar-refractivity contribution in [3.05, 3.63) is 164 Å². The van der Waals surface area contributed by atoms with Gasteiger partial charge in [-0.1, -0.05) is 108 Å². The molecule has 0 spiro atoms. The van der Waals surface area contributed by atoms with Gasteiger partial charge < -0.3 is 53.8 Å². The summed E-state index contributed by atoms with van der Waals surface area (Å²) in [5.41, 5.74) is 10.1. The van der Waals surface area contributed by atoms with E-state index in [-0.39, 0.29) is 19.3 Å². The van der Waals surface area contributed by atoms with Gasteiger partial charge in [-0.25, -0.2) is 9.13 Å². The van der Waals surface area contributed by atoms with Crippen LogP contribution in [-0.2, 0) is 27.4 Å². The molecule has 2 atom stereocenters. The second-order valence-corrected chi connectivity index (χ2v) is 16.1. The molecule has 0 saturated carbocycles. The van der Waals surface area contributed by atoms with Gasteiger partial charge in [-0.15, -0.1) is 0 Å². The molecule has 0 saturated heterocycles. The Bertz CT molecular complexity index is 2290. The first-order valence-corrected chi connectivity index (χ1v) is 23.7. The zero-order valence-corrected chi connectivity index (χ0v) is 40.9. The Morgan fingerprint density at radius 3 is 1.44 bits per heavy atom. The highest BCUT2D eigenvalue weighted by molar-refractivity contribution is 6.50. The fourth-order valence-electron chi connectivity index (χ4n) is 7.01. The van der Waals surface area contributed by atoms with Gasteiger partial charge in [-0.05, 0) is 92.1 Å². The molecule has 0 unspecified atom stereocenters. The molecule has 0 aliphatic carbocycles. The van der Waals surface area contributed by atoms with Crippen LogP contribution in [-0.4, -0.2) is 46.8 Å². The fourth-order valence-corrected chi connectivity index (χ4v) is 7.01. The summed E-state index contributed by atoms with van der Waals surface area (Å²) < 4.78 is 92.4. The number of aromatic nitrogens is 2. The summed E-state index contributed by atoms with van der Waals surface area (Å²) in [6.07, 6.45) is 13.0. The van der Waals surface area contributed by atoms with Crippen LogP contribution in [0.2, 0.25) is 0 Å². The highest BCUT2D eigenvalue weighted by Crippen LogP contribution is 2.51. The van der Waals surface area contributed by atoms with E-state index in [1.54, 1.807) is 0 Å². The second kappa shape index (κ2) is 31.9. The van der Waals surface area contributed by atoms with Crippen molar-refractivity contribution in [3.63, 3.8) is 0 Å². The van der Waals surface area contributed by atoms with Crippen molar-refractivity contribution >= 4 is 48.9 Å². The number of anilines is 5. The molecule has 17 heteroatoms. The zero-order chi connectivity index (χ0) is 51.5. The number of rotatable bonds is 16. The van der Waals surface area contributed by atoms with Crippen LogP contribution in [0.15, 0.2) is 158 Å². The van der Waals surface area contributed by atoms with Crippen LogP contribution in [0.5, 0.6) is 0 Å². The second-order valence-electron chi connectivity index (χ2n) is 16.1. The summed E-state index contributed by atoms with van der Waals surface area (Å²) in [5.74, 6) is 0.588. The van der Waals surface area contributed by atoms with Gasteiger partial charge in [0, 0.05) is 49.5 Å². The molecule has 0 bridgehead atoms. The summed E-state index contributed by atoms with van der Waals surface area (Å²) >= 11 is 0. The smallest absolute Gasteiger partial charge is 0.463 e. The van der Waals surface area contributed by atoms with E-state index in [4.69, 9.17) is 9.47 Å². The van der Waals surface area contributed by atoms with Crippen LogP contribution in [0.4, 0.5) is 63.0 Å². The molecule has 0 N–H and O–H groups in total. The van der Waals surface area contributed by atoms with E-state index in [9.17, 15) is 39.3 Å². The summed E-state index contributed by atoms with van der Waals surface area (Å²) in [6, 6.07) is 47.7. The molecule has 1 aliphatic heterocycles. The first-order chi connectivity index (χ1) is 33.4. The maximum atomic E-state index is 11.1. The van der Waals surface area contributed by atoms with Crippen LogP contribution >= 0.6 is 0 Å². The molecular weight excluding hydrogens is 926 g/mol. The Hall–Kier alpha value is -6.22. The summed E-state index contributed by atoms with van der Waals surface area (Å²) in [6.45, 7) is 16.9. The molecular formula is C54H70B2F8N4O3. The quantitative estimate of drug-likeness (QED) is 0.0318. The molecule has 7 nitrogen and oxygen atoms in total. The molecule has 0 radical (unpaired) electrons. The lowest BCUT2D eigenvalue weighted by Gasteiger charge is -2.40. The number of carbonyl (C=O) groups is 1. The van der Waals surface area contributed by atoms with Crippen LogP contribution in [0.25, 0.3) is 11.1 Å². The van der Waals surface area contributed by atoms with Gasteiger partial charge in [0.25, 0.3) is 0 Å². The SMILES string of the molecule is C.CCOCCOC(=O)[C@H](C)CC.CC[C@@H](C)c1ccccc1.CC[n+]1ccc(-c2cc[n+](CCCCN3c4ccccc4N(c4ccccc4)c4ccccc43)cc2)cc1.F[B-](F)(F)F.F[B-](F)(F)F. The Morgan fingerprint density at radius 2 is 1.00 bits per heavy atom. The van der Waals surface area contributed by atoms with Crippen molar-refractivity contribution < 1.29 is 57.9 Å². The van der Waals surface area contributed by atoms with E-state index < -0.39 is 14.5 Å². The molecule has 2 aromatic heterocycles. The van der Waals surface area contributed by atoms with Crippen molar-refractivity contribution in [2.45, 2.75) is 93.7 Å². The molecule has 71 heavy (non-hydrogen) atoms. The van der Waals surface area contributed by atoms with Crippen LogP contribution in [0.1, 0.15) is 86.1 Å². The maximum Gasteiger partial charge on any atom is 0.673 e. The third-order valence-electron chi connectivity index (χ3n) is 11.0. The van der Waals surface area contributed by atoms with Crippen molar-refractivity contribution in [1.29, 1.82) is 0 Å². The average molecular weight is 997 g/mol. The topological polar surface area (TPSA) is 49.8 Å². The molecule has 0 fully saturated rings. The first kappa shape index (κ1) is 60.9. The standard InChI is InChI=1S/C34H34N4.C10H14.C9H18O3.CH4.2BF4/c1-2-35-24-18-28(19-25-35)29-20-26-36(27-21-29)22-10-11-23-37-31-14-6-8-16-33(31)38(30-12-4-3-5-13-30)34-17-9-7-15-32(34)37;1-3-9(2)10-7-5-4-6-8-10;1-4-8(3)9(10)12-7-6-11-5-2;;2*2-1(3,4)5/h3-9,12-21,24-27H,2,10-11,22-23H2,1H3;4-9H,3H2,1-2H3;8H,4-7H2,1-3H3;1H4;;/q+2;;;;2*-1/t;9-;8-;;;/m.11.../s1. The normalized spacial score (nSPS) is 12.2. The van der Waals surface area contributed by atoms with Crippen molar-refractivity contribution in [2.24, 2.45) is 5.92 Å². The molecule has 386 valence electrons. The number of carbonyl (C=O) groups excluding carboxylic acids is 1. The average Bonchev–Trinajstić information content (AvgIpc) is 3.35. The van der Waals surface area contributed by atoms with E-state index >= 15 is 0 Å². The highest BCUT2D eigenvalue weighted by Gasteiger charge is 2.28. The number of ether oxygens (including phenoxy) is 2. The number of halogens is 8. The van der Waals surface area contributed by atoms with Gasteiger partial charge in [-0.2, -0.15) is 0 Å². The molecule has 6 aromatic rings. The Morgan fingerprint density at radius 1 is 0.563 bits per heavy atom. The van der Waals surface area contributed by atoms with E-state index in [2.05, 4.69) is 198 Å². The van der Waals surface area contributed by atoms with Crippen molar-refractivity contribution in [2.75, 3.05) is 36.2 Å². The number of esters is 1. The number of nitrogens with zero attached hydrogens (tertiary/aromatic N) is 4. The van der Waals surface area contributed by atoms with Gasteiger partial charge in [-0.3, -0.25) is 4.79 Å². The molecule has 4 aromatic carbocycles. The summed E-state index contributed by atoms with van der Waals surface area (Å²) in [5, 5.41) is 0.